The molecule has 1 aliphatic rings. The van der Waals surface area contributed by atoms with Crippen LogP contribution >= 0.6 is 15.9 Å². The zero-order valence-corrected chi connectivity index (χ0v) is 12.2. The maximum absolute atomic E-state index is 8.96. The van der Waals surface area contributed by atoms with E-state index < -0.39 is 0 Å². The Bertz CT molecular complexity index is 402. The minimum atomic E-state index is 0.261. The molecule has 0 bridgehead atoms. The summed E-state index contributed by atoms with van der Waals surface area (Å²) in [5.74, 6) is 1.59. The van der Waals surface area contributed by atoms with Crippen LogP contribution in [0.4, 0.5) is 11.8 Å². The van der Waals surface area contributed by atoms with E-state index in [9.17, 15) is 0 Å². The molecule has 0 aliphatic carbocycles. The summed E-state index contributed by atoms with van der Waals surface area (Å²) in [6, 6.07) is 0.480. The first-order valence-electron chi connectivity index (χ1n) is 6.34. The van der Waals surface area contributed by atoms with Gasteiger partial charge in [0.05, 0.1) is 4.47 Å². The van der Waals surface area contributed by atoms with Crippen molar-refractivity contribution in [1.29, 1.82) is 0 Å². The van der Waals surface area contributed by atoms with Gasteiger partial charge < -0.3 is 15.3 Å². The van der Waals surface area contributed by atoms with Gasteiger partial charge in [0.25, 0.3) is 0 Å². The summed E-state index contributed by atoms with van der Waals surface area (Å²) in [6.07, 6.45) is 6.01. The predicted molar refractivity (Wildman–Crippen MR) is 76.0 cm³/mol. The number of halogens is 1. The van der Waals surface area contributed by atoms with Crippen LogP contribution < -0.4 is 10.2 Å². The summed E-state index contributed by atoms with van der Waals surface area (Å²) >= 11 is 3.52. The molecule has 2 rings (SSSR count). The summed E-state index contributed by atoms with van der Waals surface area (Å²) in [5.41, 5.74) is 0. The van der Waals surface area contributed by atoms with E-state index in [1.807, 2.05) is 7.05 Å². The standard InChI is InChI=1S/C12H19BrN4O/c1-14-12-15-8-10(13)11(16-12)17-6-2-4-9(17)5-3-7-18/h8-9,18H,2-7H2,1H3,(H,14,15,16). The lowest BCUT2D eigenvalue weighted by molar-refractivity contribution is 0.279. The summed E-state index contributed by atoms with van der Waals surface area (Å²) in [5, 5.41) is 11.9. The lowest BCUT2D eigenvalue weighted by Gasteiger charge is -2.26. The van der Waals surface area contributed by atoms with Gasteiger partial charge in [0.2, 0.25) is 5.95 Å². The van der Waals surface area contributed by atoms with Crippen LogP contribution in [0.15, 0.2) is 10.7 Å². The van der Waals surface area contributed by atoms with Crippen LogP contribution in [0, 0.1) is 0 Å². The highest BCUT2D eigenvalue weighted by Crippen LogP contribution is 2.32. The van der Waals surface area contributed by atoms with Crippen molar-refractivity contribution in [1.82, 2.24) is 9.97 Å². The fourth-order valence-corrected chi connectivity index (χ4v) is 2.84. The Morgan fingerprint density at radius 1 is 1.61 bits per heavy atom. The SMILES string of the molecule is CNc1ncc(Br)c(N2CCCC2CCCO)n1. The van der Waals surface area contributed by atoms with Crippen molar-refractivity contribution >= 4 is 27.7 Å². The minimum Gasteiger partial charge on any atom is -0.396 e. The highest BCUT2D eigenvalue weighted by molar-refractivity contribution is 9.10. The topological polar surface area (TPSA) is 61.3 Å². The van der Waals surface area contributed by atoms with Crippen molar-refractivity contribution in [3.05, 3.63) is 10.7 Å². The Labute approximate surface area is 116 Å². The second kappa shape index (κ2) is 6.33. The molecule has 1 unspecified atom stereocenters. The smallest absolute Gasteiger partial charge is 0.224 e. The fraction of sp³-hybridized carbons (Fsp3) is 0.667. The molecule has 1 aromatic rings. The quantitative estimate of drug-likeness (QED) is 0.870. The largest absolute Gasteiger partial charge is 0.396 e. The van der Waals surface area contributed by atoms with Crippen molar-refractivity contribution in [2.45, 2.75) is 31.7 Å². The average Bonchev–Trinajstić information content (AvgIpc) is 2.85. The molecular weight excluding hydrogens is 296 g/mol. The van der Waals surface area contributed by atoms with Crippen LogP contribution in [0.25, 0.3) is 0 Å². The van der Waals surface area contributed by atoms with Gasteiger partial charge in [-0.2, -0.15) is 4.98 Å². The van der Waals surface area contributed by atoms with Crippen molar-refractivity contribution in [2.24, 2.45) is 0 Å². The van der Waals surface area contributed by atoms with E-state index in [2.05, 4.69) is 36.1 Å². The first-order valence-corrected chi connectivity index (χ1v) is 7.13. The summed E-state index contributed by atoms with van der Waals surface area (Å²) in [4.78, 5) is 11.0. The monoisotopic (exact) mass is 314 g/mol. The lowest BCUT2D eigenvalue weighted by atomic mass is 10.1. The highest BCUT2D eigenvalue weighted by atomic mass is 79.9. The lowest BCUT2D eigenvalue weighted by Crippen LogP contribution is -2.30. The maximum atomic E-state index is 8.96. The molecule has 5 nitrogen and oxygen atoms in total. The van der Waals surface area contributed by atoms with E-state index in [1.54, 1.807) is 6.20 Å². The number of hydrogen-bond acceptors (Lipinski definition) is 5. The molecular formula is C12H19BrN4O. The first kappa shape index (κ1) is 13.5. The van der Waals surface area contributed by atoms with Crippen LogP contribution in [0.1, 0.15) is 25.7 Å². The average molecular weight is 315 g/mol. The number of anilines is 2. The third-order valence-corrected chi connectivity index (χ3v) is 3.85. The molecule has 1 aliphatic heterocycles. The van der Waals surface area contributed by atoms with Crippen LogP contribution in [0.5, 0.6) is 0 Å². The third-order valence-electron chi connectivity index (χ3n) is 3.29. The van der Waals surface area contributed by atoms with E-state index in [-0.39, 0.29) is 6.61 Å². The molecule has 1 aromatic heterocycles. The molecule has 100 valence electrons. The van der Waals surface area contributed by atoms with Crippen LogP contribution in [-0.2, 0) is 0 Å². The summed E-state index contributed by atoms with van der Waals surface area (Å²) in [6.45, 7) is 1.28. The summed E-state index contributed by atoms with van der Waals surface area (Å²) < 4.78 is 0.928. The molecule has 18 heavy (non-hydrogen) atoms. The molecule has 0 amide bonds. The Morgan fingerprint density at radius 2 is 2.44 bits per heavy atom. The van der Waals surface area contributed by atoms with E-state index in [0.717, 1.165) is 29.7 Å². The van der Waals surface area contributed by atoms with Crippen LogP contribution in [-0.4, -0.2) is 41.3 Å². The molecule has 6 heteroatoms. The van der Waals surface area contributed by atoms with Crippen LogP contribution in [0.3, 0.4) is 0 Å². The number of hydrogen-bond donors (Lipinski definition) is 2. The maximum Gasteiger partial charge on any atom is 0.224 e. The van der Waals surface area contributed by atoms with Crippen molar-refractivity contribution in [3.63, 3.8) is 0 Å². The fourth-order valence-electron chi connectivity index (χ4n) is 2.42. The highest BCUT2D eigenvalue weighted by Gasteiger charge is 2.27. The second-order valence-electron chi connectivity index (χ2n) is 4.47. The Morgan fingerprint density at radius 3 is 3.17 bits per heavy atom. The van der Waals surface area contributed by atoms with Crippen molar-refractivity contribution in [3.8, 4) is 0 Å². The minimum absolute atomic E-state index is 0.261. The number of nitrogens with zero attached hydrogens (tertiary/aromatic N) is 3. The van der Waals surface area contributed by atoms with Gasteiger partial charge in [0, 0.05) is 32.4 Å². The van der Waals surface area contributed by atoms with E-state index in [1.165, 1.54) is 12.8 Å². The first-order chi connectivity index (χ1) is 8.76. The van der Waals surface area contributed by atoms with Gasteiger partial charge in [-0.25, -0.2) is 4.98 Å². The molecule has 2 heterocycles. The van der Waals surface area contributed by atoms with Gasteiger partial charge in [-0.05, 0) is 41.6 Å². The molecule has 0 radical (unpaired) electrons. The molecule has 2 N–H and O–H groups in total. The number of aliphatic hydroxyl groups is 1. The van der Waals surface area contributed by atoms with Gasteiger partial charge in [0.15, 0.2) is 0 Å². The van der Waals surface area contributed by atoms with Gasteiger partial charge in [-0.15, -0.1) is 0 Å². The third kappa shape index (κ3) is 2.92. The van der Waals surface area contributed by atoms with Gasteiger partial charge in [-0.3, -0.25) is 0 Å². The molecule has 0 aromatic carbocycles. The Kier molecular flexibility index (Phi) is 4.77. The summed E-state index contributed by atoms with van der Waals surface area (Å²) in [7, 11) is 1.82. The molecule has 0 saturated carbocycles. The van der Waals surface area contributed by atoms with E-state index in [4.69, 9.17) is 5.11 Å². The Balaban J connectivity index is 2.18. The second-order valence-corrected chi connectivity index (χ2v) is 5.32. The van der Waals surface area contributed by atoms with E-state index >= 15 is 0 Å². The number of aliphatic hydroxyl groups excluding tert-OH is 1. The molecule has 1 fully saturated rings. The van der Waals surface area contributed by atoms with Crippen molar-refractivity contribution < 1.29 is 5.11 Å². The molecule has 1 atom stereocenters. The molecule has 1 saturated heterocycles. The number of nitrogens with one attached hydrogen (secondary N) is 1. The van der Waals surface area contributed by atoms with Gasteiger partial charge in [0.1, 0.15) is 5.82 Å². The molecule has 0 spiro atoms. The van der Waals surface area contributed by atoms with Crippen LogP contribution in [0.2, 0.25) is 0 Å². The normalized spacial score (nSPS) is 19.3. The number of rotatable bonds is 5. The zero-order valence-electron chi connectivity index (χ0n) is 10.6. The van der Waals surface area contributed by atoms with E-state index in [0.29, 0.717) is 12.0 Å². The van der Waals surface area contributed by atoms with Crippen molar-refractivity contribution in [2.75, 3.05) is 30.4 Å². The Hall–Kier alpha value is -0.880. The zero-order chi connectivity index (χ0) is 13.0. The predicted octanol–water partition coefficient (Wildman–Crippen LogP) is 2.02. The van der Waals surface area contributed by atoms with Gasteiger partial charge in [-0.1, -0.05) is 0 Å². The number of aromatic nitrogens is 2. The van der Waals surface area contributed by atoms with Gasteiger partial charge >= 0.3 is 0 Å².